The van der Waals surface area contributed by atoms with E-state index >= 15 is 0 Å². The largest absolute Gasteiger partial charge is 0.497 e. The lowest BCUT2D eigenvalue weighted by Crippen LogP contribution is -1.85. The first-order valence-corrected chi connectivity index (χ1v) is 10.3. The Morgan fingerprint density at radius 2 is 1.71 bits per heavy atom. The Labute approximate surface area is 176 Å². The van der Waals surface area contributed by atoms with Crippen molar-refractivity contribution in [3.63, 3.8) is 0 Å². The third-order valence-corrected chi connectivity index (χ3v) is 5.69. The van der Waals surface area contributed by atoms with E-state index in [1.807, 2.05) is 72.9 Å². The van der Waals surface area contributed by atoms with Crippen LogP contribution in [0.1, 0.15) is 5.56 Å². The van der Waals surface area contributed by atoms with Crippen LogP contribution in [0.15, 0.2) is 88.3 Å². The lowest BCUT2D eigenvalue weighted by atomic mass is 10.1. The number of benzene rings is 3. The first-order chi connectivity index (χ1) is 13.7. The normalized spacial score (nSPS) is 11.1. The van der Waals surface area contributed by atoms with Crippen molar-refractivity contribution < 1.29 is 4.74 Å². The van der Waals surface area contributed by atoms with Crippen molar-refractivity contribution in [3.05, 3.63) is 88.9 Å². The summed E-state index contributed by atoms with van der Waals surface area (Å²) in [4.78, 5) is 10.5. The second-order valence-corrected chi connectivity index (χ2v) is 7.98. The van der Waals surface area contributed by atoms with Crippen molar-refractivity contribution in [1.82, 2.24) is 4.98 Å². The van der Waals surface area contributed by atoms with Crippen LogP contribution in [0.25, 0.3) is 21.7 Å². The summed E-state index contributed by atoms with van der Waals surface area (Å²) in [5.41, 5.74) is 4.13. The molecule has 1 aromatic heterocycles. The van der Waals surface area contributed by atoms with Crippen molar-refractivity contribution in [1.29, 1.82) is 0 Å². The van der Waals surface area contributed by atoms with E-state index in [4.69, 9.17) is 9.72 Å². The summed E-state index contributed by atoms with van der Waals surface area (Å²) in [7, 11) is 1.67. The van der Waals surface area contributed by atoms with E-state index in [2.05, 4.69) is 33.1 Å². The Balaban J connectivity index is 1.75. The number of rotatable bonds is 5. The van der Waals surface area contributed by atoms with E-state index in [1.165, 1.54) is 0 Å². The number of hydrogen-bond donors (Lipinski definition) is 0. The van der Waals surface area contributed by atoms with Crippen LogP contribution in [0, 0.1) is 0 Å². The van der Waals surface area contributed by atoms with Gasteiger partial charge in [-0.25, -0.2) is 9.98 Å². The highest BCUT2D eigenvalue weighted by Crippen LogP contribution is 2.40. The summed E-state index contributed by atoms with van der Waals surface area (Å²) in [6.07, 6.45) is 1.84. The molecule has 0 spiro atoms. The third-order valence-electron chi connectivity index (χ3n) is 4.19. The van der Waals surface area contributed by atoms with Gasteiger partial charge in [-0.3, -0.25) is 0 Å². The maximum absolute atomic E-state index is 5.28. The van der Waals surface area contributed by atoms with Crippen LogP contribution in [0.2, 0.25) is 0 Å². The molecule has 0 N–H and O–H groups in total. The molecule has 1 heterocycles. The predicted molar refractivity (Wildman–Crippen MR) is 121 cm³/mol. The molecule has 0 aliphatic carbocycles. The van der Waals surface area contributed by atoms with Crippen LogP contribution >= 0.6 is 27.3 Å². The van der Waals surface area contributed by atoms with E-state index in [9.17, 15) is 0 Å². The summed E-state index contributed by atoms with van der Waals surface area (Å²) in [5, 5.41) is 0.727. The Hall–Kier alpha value is -2.76. The highest BCUT2D eigenvalue weighted by atomic mass is 79.9. The van der Waals surface area contributed by atoms with Gasteiger partial charge in [0.25, 0.3) is 0 Å². The number of hydrogen-bond acceptors (Lipinski definition) is 4. The van der Waals surface area contributed by atoms with E-state index in [0.717, 1.165) is 42.6 Å². The van der Waals surface area contributed by atoms with Gasteiger partial charge in [-0.2, -0.15) is 0 Å². The maximum atomic E-state index is 5.28. The second-order valence-electron chi connectivity index (χ2n) is 6.08. The molecule has 0 saturated carbocycles. The van der Waals surface area contributed by atoms with E-state index in [0.29, 0.717) is 0 Å². The molecule has 0 saturated heterocycles. The zero-order valence-electron chi connectivity index (χ0n) is 15.2. The SMILES string of the molecule is COc1ccc(-c2nc(N=Cc3cccc(Br)c3)sc2-c2ccccc2)cc1. The summed E-state index contributed by atoms with van der Waals surface area (Å²) in [6, 6.07) is 26.3. The van der Waals surface area contributed by atoms with Gasteiger partial charge in [0, 0.05) is 16.3 Å². The molecule has 4 aromatic rings. The molecule has 0 atom stereocenters. The highest BCUT2D eigenvalue weighted by molar-refractivity contribution is 9.10. The minimum Gasteiger partial charge on any atom is -0.497 e. The standard InChI is InChI=1S/C23H17BrN2OS/c1-27-20-12-10-17(11-13-20)21-22(18-7-3-2-4-8-18)28-23(26-21)25-15-16-6-5-9-19(24)14-16/h2-15H,1H3. The molecule has 0 bridgehead atoms. The fourth-order valence-corrected chi connectivity index (χ4v) is 4.17. The number of aliphatic imine (C=N–C) groups is 1. The Kier molecular flexibility index (Phi) is 5.65. The molecule has 3 aromatic carbocycles. The van der Waals surface area contributed by atoms with Crippen LogP contribution < -0.4 is 4.74 Å². The molecule has 4 rings (SSSR count). The molecule has 3 nitrogen and oxygen atoms in total. The van der Waals surface area contributed by atoms with Crippen LogP contribution in [-0.2, 0) is 0 Å². The number of nitrogens with zero attached hydrogens (tertiary/aromatic N) is 2. The topological polar surface area (TPSA) is 34.5 Å². The molecule has 0 amide bonds. The third kappa shape index (κ3) is 4.21. The van der Waals surface area contributed by atoms with Gasteiger partial charge >= 0.3 is 0 Å². The quantitative estimate of drug-likeness (QED) is 0.308. The zero-order valence-corrected chi connectivity index (χ0v) is 17.6. The van der Waals surface area contributed by atoms with E-state index in [-0.39, 0.29) is 0 Å². The van der Waals surface area contributed by atoms with Gasteiger partial charge in [0.2, 0.25) is 5.13 Å². The molecule has 0 aliphatic heterocycles. The zero-order chi connectivity index (χ0) is 19.3. The van der Waals surface area contributed by atoms with Crippen molar-refractivity contribution in [2.75, 3.05) is 7.11 Å². The summed E-state index contributed by atoms with van der Waals surface area (Å²) in [5.74, 6) is 0.827. The second kappa shape index (κ2) is 8.50. The van der Waals surface area contributed by atoms with Gasteiger partial charge in [-0.15, -0.1) is 0 Å². The number of ether oxygens (including phenoxy) is 1. The average Bonchev–Trinajstić information content (AvgIpc) is 3.17. The van der Waals surface area contributed by atoms with Crippen molar-refractivity contribution >= 4 is 38.6 Å². The van der Waals surface area contributed by atoms with Gasteiger partial charge < -0.3 is 4.74 Å². The van der Waals surface area contributed by atoms with Gasteiger partial charge in [-0.05, 0) is 47.5 Å². The minimum atomic E-state index is 0.727. The molecule has 0 aliphatic rings. The Morgan fingerprint density at radius 3 is 2.43 bits per heavy atom. The molecule has 28 heavy (non-hydrogen) atoms. The summed E-state index contributed by atoms with van der Waals surface area (Å²) >= 11 is 5.08. The fraction of sp³-hybridized carbons (Fsp3) is 0.0435. The molecular weight excluding hydrogens is 432 g/mol. The molecule has 0 fully saturated rings. The maximum Gasteiger partial charge on any atom is 0.210 e. The predicted octanol–water partition coefficient (Wildman–Crippen LogP) is 7.00. The Morgan fingerprint density at radius 1 is 0.929 bits per heavy atom. The molecular formula is C23H17BrN2OS. The lowest BCUT2D eigenvalue weighted by molar-refractivity contribution is 0.415. The number of thiazole rings is 1. The van der Waals surface area contributed by atoms with Crippen molar-refractivity contribution in [2.24, 2.45) is 4.99 Å². The van der Waals surface area contributed by atoms with Crippen molar-refractivity contribution in [3.8, 4) is 27.4 Å². The van der Waals surface area contributed by atoms with Crippen LogP contribution in [0.3, 0.4) is 0 Å². The molecule has 0 radical (unpaired) electrons. The smallest absolute Gasteiger partial charge is 0.210 e. The average molecular weight is 449 g/mol. The van der Waals surface area contributed by atoms with Gasteiger partial charge in [0.05, 0.1) is 17.7 Å². The van der Waals surface area contributed by atoms with Gasteiger partial charge in [0.1, 0.15) is 5.75 Å². The first-order valence-electron chi connectivity index (χ1n) is 8.73. The molecule has 5 heteroatoms. The molecule has 138 valence electrons. The summed E-state index contributed by atoms with van der Waals surface area (Å²) in [6.45, 7) is 0. The van der Waals surface area contributed by atoms with Crippen LogP contribution in [0.5, 0.6) is 5.75 Å². The lowest BCUT2D eigenvalue weighted by Gasteiger charge is -2.04. The highest BCUT2D eigenvalue weighted by Gasteiger charge is 2.14. The van der Waals surface area contributed by atoms with Crippen LogP contribution in [0.4, 0.5) is 5.13 Å². The number of halogens is 1. The number of methoxy groups -OCH3 is 1. The van der Waals surface area contributed by atoms with Gasteiger partial charge in [-0.1, -0.05) is 69.7 Å². The Bertz CT molecular complexity index is 1110. The van der Waals surface area contributed by atoms with Gasteiger partial charge in [0.15, 0.2) is 0 Å². The molecule has 0 unspecified atom stereocenters. The first kappa shape index (κ1) is 18.6. The summed E-state index contributed by atoms with van der Waals surface area (Å²) < 4.78 is 6.30. The van der Waals surface area contributed by atoms with E-state index < -0.39 is 0 Å². The van der Waals surface area contributed by atoms with Crippen LogP contribution in [-0.4, -0.2) is 18.3 Å². The monoisotopic (exact) mass is 448 g/mol. The fourth-order valence-electron chi connectivity index (χ4n) is 2.81. The number of aromatic nitrogens is 1. The van der Waals surface area contributed by atoms with Crippen molar-refractivity contribution in [2.45, 2.75) is 0 Å². The van der Waals surface area contributed by atoms with E-state index in [1.54, 1.807) is 18.4 Å². The minimum absolute atomic E-state index is 0.727.